The predicted molar refractivity (Wildman–Crippen MR) is 87.1 cm³/mol. The first-order valence-electron chi connectivity index (χ1n) is 7.41. The first kappa shape index (κ1) is 18.6. The van der Waals surface area contributed by atoms with Gasteiger partial charge in [-0.15, -0.1) is 12.4 Å². The summed E-state index contributed by atoms with van der Waals surface area (Å²) in [5.74, 6) is 0.752. The van der Waals surface area contributed by atoms with Crippen LogP contribution in [0.15, 0.2) is 24.3 Å². The van der Waals surface area contributed by atoms with Crippen molar-refractivity contribution >= 4 is 23.3 Å². The Morgan fingerprint density at radius 1 is 1.17 bits per heavy atom. The van der Waals surface area contributed by atoms with Crippen LogP contribution in [0, 0.1) is 0 Å². The standard InChI is InChI=1S/C16H17F3N2O2.ClH/c1-22-11-2-3-13-12(8-11)14(9-15(21-13)16(17,18)19)23-10-4-6-20-7-5-10;/h2-3,8-10,20H,4-7H2,1H3;1H. The van der Waals surface area contributed by atoms with E-state index in [-0.39, 0.29) is 29.8 Å². The first-order valence-corrected chi connectivity index (χ1v) is 7.41. The summed E-state index contributed by atoms with van der Waals surface area (Å²) in [7, 11) is 1.51. The fourth-order valence-corrected chi connectivity index (χ4v) is 2.64. The maximum absolute atomic E-state index is 13.1. The van der Waals surface area contributed by atoms with E-state index in [2.05, 4.69) is 10.3 Å². The Morgan fingerprint density at radius 3 is 2.50 bits per heavy atom. The Bertz CT molecular complexity index is 704. The summed E-state index contributed by atoms with van der Waals surface area (Å²) < 4.78 is 50.2. The van der Waals surface area contributed by atoms with Crippen molar-refractivity contribution in [3.05, 3.63) is 30.0 Å². The van der Waals surface area contributed by atoms with Crippen molar-refractivity contribution in [2.75, 3.05) is 20.2 Å². The molecule has 8 heteroatoms. The Kier molecular flexibility index (Phi) is 5.77. The monoisotopic (exact) mass is 362 g/mol. The number of aromatic nitrogens is 1. The lowest BCUT2D eigenvalue weighted by molar-refractivity contribution is -0.141. The topological polar surface area (TPSA) is 43.4 Å². The van der Waals surface area contributed by atoms with Crippen LogP contribution in [-0.4, -0.2) is 31.3 Å². The number of alkyl halides is 3. The molecule has 0 aliphatic carbocycles. The van der Waals surface area contributed by atoms with Crippen LogP contribution in [0.1, 0.15) is 18.5 Å². The molecule has 0 spiro atoms. The molecule has 1 aromatic carbocycles. The molecule has 2 heterocycles. The summed E-state index contributed by atoms with van der Waals surface area (Å²) in [5, 5.41) is 3.72. The quantitative estimate of drug-likeness (QED) is 0.901. The summed E-state index contributed by atoms with van der Waals surface area (Å²) in [6, 6.07) is 5.73. The number of fused-ring (bicyclic) bond motifs is 1. The number of nitrogens with one attached hydrogen (secondary N) is 1. The lowest BCUT2D eigenvalue weighted by Gasteiger charge is -2.25. The minimum atomic E-state index is -4.51. The number of halogens is 4. The Hall–Kier alpha value is -1.73. The van der Waals surface area contributed by atoms with E-state index < -0.39 is 11.9 Å². The van der Waals surface area contributed by atoms with Gasteiger partial charge in [0.2, 0.25) is 0 Å². The van der Waals surface area contributed by atoms with Crippen LogP contribution in [0.5, 0.6) is 11.5 Å². The van der Waals surface area contributed by atoms with Gasteiger partial charge in [-0.05, 0) is 44.1 Å². The van der Waals surface area contributed by atoms with Gasteiger partial charge < -0.3 is 14.8 Å². The predicted octanol–water partition coefficient (Wildman–Crippen LogP) is 3.81. The van der Waals surface area contributed by atoms with E-state index in [9.17, 15) is 13.2 Å². The molecule has 132 valence electrons. The van der Waals surface area contributed by atoms with Crippen LogP contribution < -0.4 is 14.8 Å². The van der Waals surface area contributed by atoms with Gasteiger partial charge in [0.25, 0.3) is 0 Å². The number of pyridine rings is 1. The summed E-state index contributed by atoms with van der Waals surface area (Å²) in [6.07, 6.45) is -3.10. The van der Waals surface area contributed by atoms with Gasteiger partial charge >= 0.3 is 6.18 Å². The van der Waals surface area contributed by atoms with E-state index in [1.54, 1.807) is 12.1 Å². The normalized spacial score (nSPS) is 15.8. The molecular weight excluding hydrogens is 345 g/mol. The molecule has 0 saturated carbocycles. The molecule has 1 aromatic heterocycles. The lowest BCUT2D eigenvalue weighted by Crippen LogP contribution is -2.34. The Balaban J connectivity index is 0.00000208. The fourth-order valence-electron chi connectivity index (χ4n) is 2.64. The molecule has 0 bridgehead atoms. The van der Waals surface area contributed by atoms with Gasteiger partial charge in [-0.25, -0.2) is 4.98 Å². The molecule has 1 aliphatic rings. The van der Waals surface area contributed by atoms with Crippen molar-refractivity contribution in [1.29, 1.82) is 0 Å². The highest BCUT2D eigenvalue weighted by Gasteiger charge is 2.34. The van der Waals surface area contributed by atoms with E-state index in [1.807, 2.05) is 0 Å². The maximum atomic E-state index is 13.1. The highest BCUT2D eigenvalue weighted by Crippen LogP contribution is 2.36. The average molecular weight is 363 g/mol. The SMILES string of the molecule is COc1ccc2nc(C(F)(F)F)cc(OC3CCNCC3)c2c1.Cl. The Labute approximate surface area is 143 Å². The zero-order chi connectivity index (χ0) is 16.4. The van der Waals surface area contributed by atoms with E-state index in [4.69, 9.17) is 9.47 Å². The summed E-state index contributed by atoms with van der Waals surface area (Å²) in [4.78, 5) is 3.70. The molecule has 3 rings (SSSR count). The number of rotatable bonds is 3. The zero-order valence-electron chi connectivity index (χ0n) is 13.0. The highest BCUT2D eigenvalue weighted by atomic mass is 35.5. The van der Waals surface area contributed by atoms with E-state index in [0.29, 0.717) is 11.1 Å². The highest BCUT2D eigenvalue weighted by molar-refractivity contribution is 5.86. The molecular formula is C16H18ClF3N2O2. The molecule has 1 saturated heterocycles. The second-order valence-electron chi connectivity index (χ2n) is 5.45. The third kappa shape index (κ3) is 4.02. The summed E-state index contributed by atoms with van der Waals surface area (Å²) in [5.41, 5.74) is -0.705. The number of hydrogen-bond acceptors (Lipinski definition) is 4. The lowest BCUT2D eigenvalue weighted by atomic mass is 10.1. The van der Waals surface area contributed by atoms with Crippen LogP contribution in [-0.2, 0) is 6.18 Å². The summed E-state index contributed by atoms with van der Waals surface area (Å²) >= 11 is 0. The number of nitrogens with zero attached hydrogens (tertiary/aromatic N) is 1. The molecule has 1 N–H and O–H groups in total. The van der Waals surface area contributed by atoms with Gasteiger partial charge in [0.1, 0.15) is 23.3 Å². The maximum Gasteiger partial charge on any atom is 0.433 e. The first-order chi connectivity index (χ1) is 11.0. The van der Waals surface area contributed by atoms with Crippen molar-refractivity contribution in [1.82, 2.24) is 10.3 Å². The number of ether oxygens (including phenoxy) is 2. The minimum Gasteiger partial charge on any atom is -0.497 e. The molecule has 4 nitrogen and oxygen atoms in total. The van der Waals surface area contributed by atoms with Gasteiger partial charge in [0.15, 0.2) is 0 Å². The molecule has 1 fully saturated rings. The molecule has 0 radical (unpaired) electrons. The van der Waals surface area contributed by atoms with E-state index in [0.717, 1.165) is 32.0 Å². The van der Waals surface area contributed by atoms with Crippen LogP contribution in [0.2, 0.25) is 0 Å². The van der Waals surface area contributed by atoms with Gasteiger partial charge in [-0.3, -0.25) is 0 Å². The van der Waals surface area contributed by atoms with Gasteiger partial charge in [-0.1, -0.05) is 0 Å². The second-order valence-corrected chi connectivity index (χ2v) is 5.45. The number of benzene rings is 1. The smallest absolute Gasteiger partial charge is 0.433 e. The molecule has 24 heavy (non-hydrogen) atoms. The average Bonchev–Trinajstić information content (AvgIpc) is 2.54. The van der Waals surface area contributed by atoms with Crippen LogP contribution >= 0.6 is 12.4 Å². The van der Waals surface area contributed by atoms with Crippen LogP contribution in [0.25, 0.3) is 10.9 Å². The van der Waals surface area contributed by atoms with Crippen molar-refractivity contribution in [3.63, 3.8) is 0 Å². The second kappa shape index (κ2) is 7.44. The number of piperidine rings is 1. The van der Waals surface area contributed by atoms with Crippen LogP contribution in [0.3, 0.4) is 0 Å². The number of hydrogen-bond donors (Lipinski definition) is 1. The van der Waals surface area contributed by atoms with Crippen molar-refractivity contribution in [3.8, 4) is 11.5 Å². The molecule has 0 amide bonds. The van der Waals surface area contributed by atoms with E-state index in [1.165, 1.54) is 13.2 Å². The van der Waals surface area contributed by atoms with Crippen molar-refractivity contribution in [2.45, 2.75) is 25.1 Å². The molecule has 0 unspecified atom stereocenters. The minimum absolute atomic E-state index is 0. The van der Waals surface area contributed by atoms with Gasteiger partial charge in [0, 0.05) is 11.5 Å². The largest absolute Gasteiger partial charge is 0.497 e. The van der Waals surface area contributed by atoms with Crippen LogP contribution in [0.4, 0.5) is 13.2 Å². The van der Waals surface area contributed by atoms with Gasteiger partial charge in [-0.2, -0.15) is 13.2 Å². The van der Waals surface area contributed by atoms with E-state index >= 15 is 0 Å². The Morgan fingerprint density at radius 2 is 1.88 bits per heavy atom. The summed E-state index contributed by atoms with van der Waals surface area (Å²) in [6.45, 7) is 1.59. The fraction of sp³-hybridized carbons (Fsp3) is 0.438. The van der Waals surface area contributed by atoms with Gasteiger partial charge in [0.05, 0.1) is 12.6 Å². The zero-order valence-corrected chi connectivity index (χ0v) is 13.8. The molecule has 0 atom stereocenters. The number of methoxy groups -OCH3 is 1. The molecule has 2 aromatic rings. The van der Waals surface area contributed by atoms with Crippen molar-refractivity contribution < 1.29 is 22.6 Å². The third-order valence-corrected chi connectivity index (χ3v) is 3.85. The molecule has 1 aliphatic heterocycles. The van der Waals surface area contributed by atoms with Crippen molar-refractivity contribution in [2.24, 2.45) is 0 Å². The third-order valence-electron chi connectivity index (χ3n) is 3.85.